The number of benzene rings is 1. The van der Waals surface area contributed by atoms with Crippen LogP contribution >= 0.6 is 0 Å². The van der Waals surface area contributed by atoms with Gasteiger partial charge in [0.15, 0.2) is 5.78 Å². The Morgan fingerprint density at radius 1 is 1.12 bits per heavy atom. The largest absolute Gasteiger partial charge is 0.377 e. The second kappa shape index (κ2) is 4.28. The van der Waals surface area contributed by atoms with E-state index in [1.54, 1.807) is 0 Å². The second-order valence-electron chi connectivity index (χ2n) is 4.76. The van der Waals surface area contributed by atoms with Crippen molar-refractivity contribution in [2.75, 3.05) is 19.0 Å². The molecule has 0 unspecified atom stereocenters. The molecular formula is C14H19NO. The van der Waals surface area contributed by atoms with Gasteiger partial charge in [-0.3, -0.25) is 4.79 Å². The van der Waals surface area contributed by atoms with Crippen molar-refractivity contribution in [1.29, 1.82) is 0 Å². The van der Waals surface area contributed by atoms with Crippen LogP contribution in [-0.4, -0.2) is 19.9 Å². The SMILES string of the molecule is Cc1c(N(C)C)ccc2c1CCCCC2=O. The van der Waals surface area contributed by atoms with E-state index < -0.39 is 0 Å². The van der Waals surface area contributed by atoms with E-state index in [1.807, 2.05) is 20.2 Å². The van der Waals surface area contributed by atoms with Crippen LogP contribution in [0.3, 0.4) is 0 Å². The van der Waals surface area contributed by atoms with Crippen LogP contribution in [-0.2, 0) is 6.42 Å². The summed E-state index contributed by atoms with van der Waals surface area (Å²) in [5.74, 6) is 0.320. The van der Waals surface area contributed by atoms with Gasteiger partial charge >= 0.3 is 0 Å². The summed E-state index contributed by atoms with van der Waals surface area (Å²) < 4.78 is 0. The van der Waals surface area contributed by atoms with Gasteiger partial charge in [-0.25, -0.2) is 0 Å². The first-order chi connectivity index (χ1) is 7.61. The van der Waals surface area contributed by atoms with E-state index in [1.165, 1.54) is 16.8 Å². The van der Waals surface area contributed by atoms with Crippen LogP contribution in [0.1, 0.15) is 40.7 Å². The molecule has 1 aromatic rings. The Bertz CT molecular complexity index is 421. The molecule has 1 aliphatic carbocycles. The lowest BCUT2D eigenvalue weighted by molar-refractivity contribution is 0.0982. The highest BCUT2D eigenvalue weighted by Crippen LogP contribution is 2.29. The van der Waals surface area contributed by atoms with Gasteiger partial charge in [0.05, 0.1) is 0 Å². The van der Waals surface area contributed by atoms with Gasteiger partial charge in [0.25, 0.3) is 0 Å². The molecule has 0 atom stereocenters. The van der Waals surface area contributed by atoms with Crippen molar-refractivity contribution in [3.8, 4) is 0 Å². The van der Waals surface area contributed by atoms with Crippen molar-refractivity contribution >= 4 is 11.5 Å². The smallest absolute Gasteiger partial charge is 0.163 e. The number of ketones is 1. The second-order valence-corrected chi connectivity index (χ2v) is 4.76. The average molecular weight is 217 g/mol. The van der Waals surface area contributed by atoms with Crippen molar-refractivity contribution in [3.05, 3.63) is 28.8 Å². The zero-order chi connectivity index (χ0) is 11.7. The summed E-state index contributed by atoms with van der Waals surface area (Å²) in [6.07, 6.45) is 3.93. The summed E-state index contributed by atoms with van der Waals surface area (Å²) in [7, 11) is 4.10. The lowest BCUT2D eigenvalue weighted by Gasteiger charge is -2.19. The molecule has 0 aromatic heterocycles. The molecule has 0 saturated heterocycles. The first-order valence-electron chi connectivity index (χ1n) is 5.94. The van der Waals surface area contributed by atoms with Gasteiger partial charge < -0.3 is 4.90 Å². The number of anilines is 1. The van der Waals surface area contributed by atoms with E-state index in [2.05, 4.69) is 17.9 Å². The molecule has 0 heterocycles. The lowest BCUT2D eigenvalue weighted by Crippen LogP contribution is -2.13. The molecule has 0 amide bonds. The monoisotopic (exact) mass is 217 g/mol. The first-order valence-corrected chi connectivity index (χ1v) is 5.94. The fourth-order valence-corrected chi connectivity index (χ4v) is 2.53. The number of hydrogen-bond donors (Lipinski definition) is 0. The van der Waals surface area contributed by atoms with Gasteiger partial charge in [0, 0.05) is 31.8 Å². The quantitative estimate of drug-likeness (QED) is 0.674. The van der Waals surface area contributed by atoms with Crippen LogP contribution < -0.4 is 4.90 Å². The Balaban J connectivity index is 2.55. The normalized spacial score (nSPS) is 15.6. The maximum Gasteiger partial charge on any atom is 0.163 e. The van der Waals surface area contributed by atoms with E-state index in [0.29, 0.717) is 12.2 Å². The Morgan fingerprint density at radius 2 is 1.81 bits per heavy atom. The summed E-state index contributed by atoms with van der Waals surface area (Å²) in [5.41, 5.74) is 4.74. The minimum Gasteiger partial charge on any atom is -0.377 e. The summed E-state index contributed by atoms with van der Waals surface area (Å²) >= 11 is 0. The van der Waals surface area contributed by atoms with E-state index in [9.17, 15) is 4.79 Å². The number of rotatable bonds is 1. The summed E-state index contributed by atoms with van der Waals surface area (Å²) in [6.45, 7) is 2.13. The van der Waals surface area contributed by atoms with Crippen LogP contribution in [0.15, 0.2) is 12.1 Å². The van der Waals surface area contributed by atoms with Crippen LogP contribution in [0, 0.1) is 6.92 Å². The number of carbonyl (C=O) groups is 1. The predicted octanol–water partition coefficient (Wildman–Crippen LogP) is 2.97. The van der Waals surface area contributed by atoms with Crippen LogP contribution in [0.25, 0.3) is 0 Å². The Kier molecular flexibility index (Phi) is 2.99. The van der Waals surface area contributed by atoms with Gasteiger partial charge in [0.2, 0.25) is 0 Å². The standard InChI is InChI=1S/C14H19NO/c1-10-11-6-4-5-7-14(16)12(11)8-9-13(10)15(2)3/h8-9H,4-7H2,1-3H3. The molecule has 2 heteroatoms. The highest BCUT2D eigenvalue weighted by Gasteiger charge is 2.18. The van der Waals surface area contributed by atoms with Crippen molar-refractivity contribution < 1.29 is 4.79 Å². The number of carbonyl (C=O) groups excluding carboxylic acids is 1. The first kappa shape index (κ1) is 11.2. The van der Waals surface area contributed by atoms with Crippen molar-refractivity contribution in [3.63, 3.8) is 0 Å². The third-order valence-electron chi connectivity index (χ3n) is 3.43. The molecule has 86 valence electrons. The molecule has 16 heavy (non-hydrogen) atoms. The molecule has 0 fully saturated rings. The van der Waals surface area contributed by atoms with Gasteiger partial charge in [0.1, 0.15) is 0 Å². The third kappa shape index (κ3) is 1.84. The Hall–Kier alpha value is -1.31. The molecule has 0 spiro atoms. The molecule has 1 aliphatic rings. The van der Waals surface area contributed by atoms with Gasteiger partial charge in [-0.05, 0) is 49.4 Å². The predicted molar refractivity (Wildman–Crippen MR) is 67.4 cm³/mol. The van der Waals surface area contributed by atoms with Gasteiger partial charge in [-0.1, -0.05) is 0 Å². The third-order valence-corrected chi connectivity index (χ3v) is 3.43. The minimum absolute atomic E-state index is 0.320. The Morgan fingerprint density at radius 3 is 2.50 bits per heavy atom. The van der Waals surface area contributed by atoms with Crippen molar-refractivity contribution in [2.45, 2.75) is 32.6 Å². The minimum atomic E-state index is 0.320. The lowest BCUT2D eigenvalue weighted by atomic mass is 9.95. The molecule has 0 aliphatic heterocycles. The zero-order valence-electron chi connectivity index (χ0n) is 10.3. The van der Waals surface area contributed by atoms with Crippen LogP contribution in [0.5, 0.6) is 0 Å². The van der Waals surface area contributed by atoms with Gasteiger partial charge in [-0.2, -0.15) is 0 Å². The Labute approximate surface area is 97.3 Å². The van der Waals surface area contributed by atoms with E-state index in [4.69, 9.17) is 0 Å². The maximum absolute atomic E-state index is 11.9. The number of fused-ring (bicyclic) bond motifs is 1. The molecule has 0 saturated carbocycles. The summed E-state index contributed by atoms with van der Waals surface area (Å²) in [5, 5.41) is 0. The topological polar surface area (TPSA) is 20.3 Å². The number of hydrogen-bond acceptors (Lipinski definition) is 2. The zero-order valence-corrected chi connectivity index (χ0v) is 10.3. The van der Waals surface area contributed by atoms with Gasteiger partial charge in [-0.15, -0.1) is 0 Å². The van der Waals surface area contributed by atoms with E-state index in [-0.39, 0.29) is 0 Å². The van der Waals surface area contributed by atoms with Crippen LogP contribution in [0.2, 0.25) is 0 Å². The molecule has 0 radical (unpaired) electrons. The molecule has 2 nitrogen and oxygen atoms in total. The van der Waals surface area contributed by atoms with E-state index >= 15 is 0 Å². The van der Waals surface area contributed by atoms with Crippen molar-refractivity contribution in [2.24, 2.45) is 0 Å². The summed E-state index contributed by atoms with van der Waals surface area (Å²) in [4.78, 5) is 14.0. The maximum atomic E-state index is 11.9. The highest BCUT2D eigenvalue weighted by atomic mass is 16.1. The number of nitrogens with zero attached hydrogens (tertiary/aromatic N) is 1. The molecule has 0 bridgehead atoms. The van der Waals surface area contributed by atoms with Crippen molar-refractivity contribution in [1.82, 2.24) is 0 Å². The molecule has 0 N–H and O–H groups in total. The van der Waals surface area contributed by atoms with Crippen LogP contribution in [0.4, 0.5) is 5.69 Å². The highest BCUT2D eigenvalue weighted by molar-refractivity contribution is 5.98. The molecule has 1 aromatic carbocycles. The molecular weight excluding hydrogens is 198 g/mol. The van der Waals surface area contributed by atoms with E-state index in [0.717, 1.165) is 24.8 Å². The average Bonchev–Trinajstić information content (AvgIpc) is 2.42. The molecule has 2 rings (SSSR count). The summed E-state index contributed by atoms with van der Waals surface area (Å²) in [6, 6.07) is 4.07. The number of Topliss-reactive ketones (excluding diaryl/α,β-unsaturated/α-hetero) is 1. The fraction of sp³-hybridized carbons (Fsp3) is 0.500. The fourth-order valence-electron chi connectivity index (χ4n) is 2.53.